The Morgan fingerprint density at radius 3 is 3.05 bits per heavy atom. The lowest BCUT2D eigenvalue weighted by Gasteiger charge is -2.07. The van der Waals surface area contributed by atoms with Crippen LogP contribution in [0.3, 0.4) is 0 Å². The number of carbonyl (C=O) groups is 1. The Kier molecular flexibility index (Phi) is 3.06. The molecule has 2 aromatic heterocycles. The maximum absolute atomic E-state index is 11.5. The van der Waals surface area contributed by atoms with Crippen molar-refractivity contribution in [2.45, 2.75) is 12.8 Å². The topological polar surface area (TPSA) is 71.8 Å². The first-order valence-electron chi connectivity index (χ1n) is 6.53. The molecule has 0 aliphatic heterocycles. The summed E-state index contributed by atoms with van der Waals surface area (Å²) in [4.78, 5) is 20.1. The number of rotatable bonds is 5. The minimum Gasteiger partial charge on any atom is -0.366 e. The van der Waals surface area contributed by atoms with Crippen molar-refractivity contribution < 1.29 is 4.79 Å². The van der Waals surface area contributed by atoms with Gasteiger partial charge in [0.25, 0.3) is 0 Å². The molecule has 0 unspecified atom stereocenters. The van der Waals surface area contributed by atoms with Crippen LogP contribution in [0.2, 0.25) is 0 Å². The molecule has 2 heterocycles. The number of nitrogens with zero attached hydrogens (tertiary/aromatic N) is 3. The van der Waals surface area contributed by atoms with Crippen molar-refractivity contribution in [1.82, 2.24) is 19.9 Å². The van der Waals surface area contributed by atoms with Crippen LogP contribution in [0, 0.1) is 5.92 Å². The molecule has 2 N–H and O–H groups in total. The van der Waals surface area contributed by atoms with Crippen molar-refractivity contribution >= 4 is 22.8 Å². The highest BCUT2D eigenvalue weighted by atomic mass is 16.2. The van der Waals surface area contributed by atoms with Gasteiger partial charge in [0.05, 0.1) is 11.8 Å². The van der Waals surface area contributed by atoms with Crippen LogP contribution in [-0.4, -0.2) is 33.5 Å². The summed E-state index contributed by atoms with van der Waals surface area (Å²) < 4.78 is 1.96. The Morgan fingerprint density at radius 2 is 2.26 bits per heavy atom. The van der Waals surface area contributed by atoms with E-state index in [1.807, 2.05) is 17.7 Å². The van der Waals surface area contributed by atoms with E-state index in [2.05, 4.69) is 20.6 Å². The van der Waals surface area contributed by atoms with E-state index in [9.17, 15) is 4.79 Å². The Morgan fingerprint density at radius 1 is 1.42 bits per heavy atom. The van der Waals surface area contributed by atoms with Crippen LogP contribution in [-0.2, 0) is 11.8 Å². The molecular formula is C13H17N5O. The van der Waals surface area contributed by atoms with Crippen molar-refractivity contribution in [3.8, 4) is 0 Å². The van der Waals surface area contributed by atoms with Crippen molar-refractivity contribution in [2.75, 3.05) is 18.4 Å². The molecule has 1 amide bonds. The number of hydrogen-bond donors (Lipinski definition) is 2. The largest absolute Gasteiger partial charge is 0.366 e. The number of aryl methyl sites for hydroxylation is 1. The summed E-state index contributed by atoms with van der Waals surface area (Å²) in [5, 5.41) is 6.13. The van der Waals surface area contributed by atoms with Crippen LogP contribution in [0.15, 0.2) is 18.6 Å². The lowest BCUT2D eigenvalue weighted by Crippen LogP contribution is -2.29. The Hall–Kier alpha value is -2.11. The molecule has 3 rings (SSSR count). The lowest BCUT2D eigenvalue weighted by molar-refractivity contribution is -0.122. The molecule has 1 aliphatic rings. The smallest absolute Gasteiger partial charge is 0.223 e. The second-order valence-corrected chi connectivity index (χ2v) is 4.87. The normalized spacial score (nSPS) is 14.6. The maximum atomic E-state index is 11.5. The first-order chi connectivity index (χ1) is 9.25. The van der Waals surface area contributed by atoms with E-state index >= 15 is 0 Å². The van der Waals surface area contributed by atoms with Gasteiger partial charge >= 0.3 is 0 Å². The molecular weight excluding hydrogens is 242 g/mol. The minimum absolute atomic E-state index is 0.172. The summed E-state index contributed by atoms with van der Waals surface area (Å²) in [6.45, 7) is 1.27. The molecule has 0 radical (unpaired) electrons. The van der Waals surface area contributed by atoms with Gasteiger partial charge < -0.3 is 15.2 Å². The third-order valence-corrected chi connectivity index (χ3v) is 3.31. The maximum Gasteiger partial charge on any atom is 0.223 e. The van der Waals surface area contributed by atoms with Crippen molar-refractivity contribution in [2.24, 2.45) is 13.0 Å². The molecule has 0 atom stereocenters. The highest BCUT2D eigenvalue weighted by molar-refractivity contribution is 5.85. The number of anilines is 1. The number of pyridine rings is 1. The average Bonchev–Trinajstić information content (AvgIpc) is 3.20. The molecule has 0 aromatic carbocycles. The molecule has 6 nitrogen and oxygen atoms in total. The van der Waals surface area contributed by atoms with Crippen LogP contribution < -0.4 is 10.6 Å². The van der Waals surface area contributed by atoms with Crippen LogP contribution in [0.25, 0.3) is 11.0 Å². The van der Waals surface area contributed by atoms with E-state index in [4.69, 9.17) is 0 Å². The third-order valence-electron chi connectivity index (χ3n) is 3.31. The molecule has 0 bridgehead atoms. The Balaban J connectivity index is 1.57. The van der Waals surface area contributed by atoms with Crippen molar-refractivity contribution in [3.63, 3.8) is 0 Å². The summed E-state index contributed by atoms with van der Waals surface area (Å²) in [7, 11) is 1.95. The molecule has 1 fully saturated rings. The molecule has 1 aliphatic carbocycles. The molecule has 19 heavy (non-hydrogen) atoms. The Labute approximate surface area is 111 Å². The number of imidazole rings is 1. The number of amides is 1. The fourth-order valence-electron chi connectivity index (χ4n) is 2.05. The van der Waals surface area contributed by atoms with Gasteiger partial charge in [-0.15, -0.1) is 0 Å². The zero-order chi connectivity index (χ0) is 13.2. The van der Waals surface area contributed by atoms with E-state index in [-0.39, 0.29) is 11.8 Å². The predicted octanol–water partition coefficient (Wildman–Crippen LogP) is 0.906. The quantitative estimate of drug-likeness (QED) is 0.783. The van der Waals surface area contributed by atoms with Gasteiger partial charge in [-0.3, -0.25) is 4.79 Å². The van der Waals surface area contributed by atoms with Crippen molar-refractivity contribution in [1.29, 1.82) is 0 Å². The molecule has 6 heteroatoms. The number of nitrogens with one attached hydrogen (secondary N) is 2. The van der Waals surface area contributed by atoms with E-state index in [0.717, 1.165) is 29.7 Å². The molecule has 0 spiro atoms. The Bertz CT molecular complexity index is 602. The molecule has 2 aromatic rings. The molecule has 0 saturated heterocycles. The summed E-state index contributed by atoms with van der Waals surface area (Å²) >= 11 is 0. The fraction of sp³-hybridized carbons (Fsp3) is 0.462. The third kappa shape index (κ3) is 2.52. The monoisotopic (exact) mass is 259 g/mol. The van der Waals surface area contributed by atoms with Gasteiger partial charge in [0.2, 0.25) is 5.91 Å². The molecule has 1 saturated carbocycles. The summed E-state index contributed by atoms with van der Waals surface area (Å²) in [5.41, 5.74) is 1.90. The van der Waals surface area contributed by atoms with E-state index in [0.29, 0.717) is 13.1 Å². The van der Waals surface area contributed by atoms with Gasteiger partial charge in [-0.2, -0.15) is 0 Å². The van der Waals surface area contributed by atoms with Crippen LogP contribution in [0.5, 0.6) is 0 Å². The van der Waals surface area contributed by atoms with Crippen LogP contribution in [0.4, 0.5) is 5.82 Å². The standard InChI is InChI=1S/C13H17N5O/c1-18-8-17-11-10(18)4-5-14-12(11)15-6-7-16-13(19)9-2-3-9/h4-5,8-9H,2-3,6-7H2,1H3,(H,14,15)(H,16,19). The highest BCUT2D eigenvalue weighted by Gasteiger charge is 2.28. The second-order valence-electron chi connectivity index (χ2n) is 4.87. The lowest BCUT2D eigenvalue weighted by atomic mass is 10.3. The van der Waals surface area contributed by atoms with Gasteiger partial charge in [-0.1, -0.05) is 0 Å². The van der Waals surface area contributed by atoms with E-state index in [1.165, 1.54) is 0 Å². The van der Waals surface area contributed by atoms with Crippen LogP contribution >= 0.6 is 0 Å². The number of hydrogen-bond acceptors (Lipinski definition) is 4. The van der Waals surface area contributed by atoms with E-state index in [1.54, 1.807) is 12.5 Å². The summed E-state index contributed by atoms with van der Waals surface area (Å²) in [6, 6.07) is 1.93. The predicted molar refractivity (Wildman–Crippen MR) is 72.7 cm³/mol. The number of aromatic nitrogens is 3. The van der Waals surface area contributed by atoms with Gasteiger partial charge in [-0.25, -0.2) is 9.97 Å². The zero-order valence-electron chi connectivity index (χ0n) is 10.9. The van der Waals surface area contributed by atoms with Crippen molar-refractivity contribution in [3.05, 3.63) is 18.6 Å². The summed E-state index contributed by atoms with van der Waals surface area (Å²) in [5.74, 6) is 1.20. The number of carbonyl (C=O) groups excluding carboxylic acids is 1. The second kappa shape index (κ2) is 4.87. The highest BCUT2D eigenvalue weighted by Crippen LogP contribution is 2.28. The minimum atomic E-state index is 0.172. The average molecular weight is 259 g/mol. The first-order valence-corrected chi connectivity index (χ1v) is 6.53. The fourth-order valence-corrected chi connectivity index (χ4v) is 2.05. The van der Waals surface area contributed by atoms with Gasteiger partial charge in [0, 0.05) is 32.3 Å². The van der Waals surface area contributed by atoms with E-state index < -0.39 is 0 Å². The number of fused-ring (bicyclic) bond motifs is 1. The SMILES string of the molecule is Cn1cnc2c(NCCNC(=O)C3CC3)nccc21. The molecule has 100 valence electrons. The van der Waals surface area contributed by atoms with Gasteiger partial charge in [0.1, 0.15) is 5.52 Å². The summed E-state index contributed by atoms with van der Waals surface area (Å²) in [6.07, 6.45) is 5.60. The van der Waals surface area contributed by atoms with Crippen LogP contribution in [0.1, 0.15) is 12.8 Å². The first kappa shape index (κ1) is 12.0. The zero-order valence-corrected chi connectivity index (χ0v) is 10.9. The van der Waals surface area contributed by atoms with Gasteiger partial charge in [0.15, 0.2) is 5.82 Å². The van der Waals surface area contributed by atoms with Gasteiger partial charge in [-0.05, 0) is 18.9 Å².